The molecule has 0 aliphatic carbocycles. The highest BCUT2D eigenvalue weighted by Gasteiger charge is 2.12. The van der Waals surface area contributed by atoms with Gasteiger partial charge in [0.25, 0.3) is 0 Å². The first-order valence-corrected chi connectivity index (χ1v) is 7.86. The number of nitrogens with one attached hydrogen (secondary N) is 2. The molecule has 2 aromatic heterocycles. The lowest BCUT2D eigenvalue weighted by atomic mass is 9.99. The van der Waals surface area contributed by atoms with Gasteiger partial charge in [-0.3, -0.25) is 5.10 Å². The Kier molecular flexibility index (Phi) is 2.76. The zero-order valence-electron chi connectivity index (χ0n) is 12.8. The van der Waals surface area contributed by atoms with Crippen LogP contribution in [0.2, 0.25) is 0 Å². The number of fused-ring (bicyclic) bond motifs is 2. The number of aromatic amines is 2. The summed E-state index contributed by atoms with van der Waals surface area (Å²) in [7, 11) is 0. The SMILES string of the molecule is c1ccc(-c2ccccc2-c2nc3cc4c[nH]nc4cc3[nH]2)cc1. The van der Waals surface area contributed by atoms with Crippen LogP contribution in [0.25, 0.3) is 44.5 Å². The van der Waals surface area contributed by atoms with E-state index in [1.165, 1.54) is 11.1 Å². The first-order chi connectivity index (χ1) is 11.9. The van der Waals surface area contributed by atoms with Crippen LogP contribution in [0.4, 0.5) is 0 Å². The Bertz CT molecular complexity index is 1100. The summed E-state index contributed by atoms with van der Waals surface area (Å²) in [6.07, 6.45) is 1.89. The lowest BCUT2D eigenvalue weighted by Gasteiger charge is -2.07. The van der Waals surface area contributed by atoms with Gasteiger partial charge in [0.15, 0.2) is 0 Å². The third-order valence-electron chi connectivity index (χ3n) is 4.30. The van der Waals surface area contributed by atoms with Crippen molar-refractivity contribution in [3.8, 4) is 22.5 Å². The zero-order valence-corrected chi connectivity index (χ0v) is 12.8. The van der Waals surface area contributed by atoms with Crippen molar-refractivity contribution >= 4 is 21.9 Å². The van der Waals surface area contributed by atoms with E-state index >= 15 is 0 Å². The molecule has 0 aliphatic heterocycles. The van der Waals surface area contributed by atoms with Gasteiger partial charge < -0.3 is 4.98 Å². The maximum Gasteiger partial charge on any atom is 0.139 e. The van der Waals surface area contributed by atoms with Crippen molar-refractivity contribution < 1.29 is 0 Å². The molecule has 0 amide bonds. The largest absolute Gasteiger partial charge is 0.338 e. The minimum Gasteiger partial charge on any atom is -0.338 e. The Morgan fingerprint density at radius 2 is 1.54 bits per heavy atom. The van der Waals surface area contributed by atoms with Gasteiger partial charge in [0.1, 0.15) is 5.82 Å². The molecule has 4 nitrogen and oxygen atoms in total. The van der Waals surface area contributed by atoms with Gasteiger partial charge in [-0.05, 0) is 23.3 Å². The predicted molar refractivity (Wildman–Crippen MR) is 96.6 cm³/mol. The number of hydrogen-bond donors (Lipinski definition) is 2. The van der Waals surface area contributed by atoms with Crippen molar-refractivity contribution in [3.63, 3.8) is 0 Å². The summed E-state index contributed by atoms with van der Waals surface area (Å²) in [6, 6.07) is 22.8. The summed E-state index contributed by atoms with van der Waals surface area (Å²) in [5.74, 6) is 0.876. The van der Waals surface area contributed by atoms with Gasteiger partial charge in [-0.1, -0.05) is 54.6 Å². The van der Waals surface area contributed by atoms with Crippen LogP contribution in [0.1, 0.15) is 0 Å². The normalized spacial score (nSPS) is 11.3. The average Bonchev–Trinajstić information content (AvgIpc) is 3.26. The number of H-pyrrole nitrogens is 2. The number of hydrogen-bond acceptors (Lipinski definition) is 2. The minimum absolute atomic E-state index is 0.876. The second-order valence-corrected chi connectivity index (χ2v) is 5.81. The molecule has 0 saturated carbocycles. The molecule has 0 unspecified atom stereocenters. The fraction of sp³-hybridized carbons (Fsp3) is 0. The summed E-state index contributed by atoms with van der Waals surface area (Å²) in [5, 5.41) is 8.20. The van der Waals surface area contributed by atoms with E-state index in [2.05, 4.69) is 63.7 Å². The number of imidazole rings is 1. The molecule has 24 heavy (non-hydrogen) atoms. The molecule has 2 heterocycles. The molecule has 5 rings (SSSR count). The number of benzene rings is 3. The molecule has 3 aromatic carbocycles. The molecule has 0 saturated heterocycles. The quantitative estimate of drug-likeness (QED) is 0.493. The third kappa shape index (κ3) is 2.01. The molecule has 2 N–H and O–H groups in total. The number of nitrogens with zero attached hydrogens (tertiary/aromatic N) is 2. The molecule has 0 spiro atoms. The van der Waals surface area contributed by atoms with Crippen molar-refractivity contribution in [1.82, 2.24) is 20.2 Å². The lowest BCUT2D eigenvalue weighted by Crippen LogP contribution is -1.86. The van der Waals surface area contributed by atoms with Crippen LogP contribution >= 0.6 is 0 Å². The Morgan fingerprint density at radius 1 is 0.750 bits per heavy atom. The molecule has 4 heteroatoms. The number of rotatable bonds is 2. The fourth-order valence-corrected chi connectivity index (χ4v) is 3.13. The molecule has 0 fully saturated rings. The first-order valence-electron chi connectivity index (χ1n) is 7.86. The van der Waals surface area contributed by atoms with Gasteiger partial charge in [-0.25, -0.2) is 4.98 Å². The van der Waals surface area contributed by atoms with Gasteiger partial charge in [-0.15, -0.1) is 0 Å². The van der Waals surface area contributed by atoms with Crippen LogP contribution in [-0.4, -0.2) is 20.2 Å². The number of aromatic nitrogens is 4. The summed E-state index contributed by atoms with van der Waals surface area (Å²) in [4.78, 5) is 8.24. The van der Waals surface area contributed by atoms with Crippen LogP contribution in [-0.2, 0) is 0 Å². The van der Waals surface area contributed by atoms with Crippen molar-refractivity contribution in [2.45, 2.75) is 0 Å². The molecule has 5 aromatic rings. The zero-order chi connectivity index (χ0) is 15.9. The van der Waals surface area contributed by atoms with E-state index in [0.717, 1.165) is 33.3 Å². The molecule has 0 atom stereocenters. The second kappa shape index (κ2) is 5.06. The summed E-state index contributed by atoms with van der Waals surface area (Å²) in [6.45, 7) is 0. The molecule has 0 bridgehead atoms. The van der Waals surface area contributed by atoms with E-state index in [1.807, 2.05) is 24.4 Å². The van der Waals surface area contributed by atoms with E-state index < -0.39 is 0 Å². The summed E-state index contributed by atoms with van der Waals surface area (Å²) >= 11 is 0. The van der Waals surface area contributed by atoms with E-state index in [9.17, 15) is 0 Å². The molecular formula is C20H14N4. The highest BCUT2D eigenvalue weighted by Crippen LogP contribution is 2.32. The standard InChI is InChI=1S/C20H14N4/c1-2-6-13(7-3-1)15-8-4-5-9-16(15)20-22-18-10-14-12-21-24-17(14)11-19(18)23-20/h1-12H,(H,21,24)(H,22,23). The summed E-state index contributed by atoms with van der Waals surface area (Å²) in [5.41, 5.74) is 6.33. The monoisotopic (exact) mass is 310 g/mol. The highest BCUT2D eigenvalue weighted by atomic mass is 15.1. The maximum atomic E-state index is 4.80. The highest BCUT2D eigenvalue weighted by molar-refractivity contribution is 5.94. The Hall–Kier alpha value is -3.40. The van der Waals surface area contributed by atoms with E-state index in [4.69, 9.17) is 4.98 Å². The van der Waals surface area contributed by atoms with Crippen LogP contribution < -0.4 is 0 Å². The van der Waals surface area contributed by atoms with Gasteiger partial charge in [0, 0.05) is 17.1 Å². The molecule has 114 valence electrons. The molecular weight excluding hydrogens is 296 g/mol. The van der Waals surface area contributed by atoms with Gasteiger partial charge in [-0.2, -0.15) is 5.10 Å². The molecule has 0 radical (unpaired) electrons. The Balaban J connectivity index is 1.73. The molecule has 0 aliphatic rings. The van der Waals surface area contributed by atoms with Crippen LogP contribution in [0.15, 0.2) is 72.9 Å². The van der Waals surface area contributed by atoms with Crippen LogP contribution in [0.5, 0.6) is 0 Å². The van der Waals surface area contributed by atoms with Crippen molar-refractivity contribution in [3.05, 3.63) is 72.9 Å². The smallest absolute Gasteiger partial charge is 0.139 e. The van der Waals surface area contributed by atoms with Crippen LogP contribution in [0, 0.1) is 0 Å². The van der Waals surface area contributed by atoms with E-state index in [-0.39, 0.29) is 0 Å². The van der Waals surface area contributed by atoms with Crippen molar-refractivity contribution in [2.75, 3.05) is 0 Å². The van der Waals surface area contributed by atoms with E-state index in [1.54, 1.807) is 0 Å². The van der Waals surface area contributed by atoms with Gasteiger partial charge >= 0.3 is 0 Å². The fourth-order valence-electron chi connectivity index (χ4n) is 3.13. The van der Waals surface area contributed by atoms with Crippen molar-refractivity contribution in [1.29, 1.82) is 0 Å². The minimum atomic E-state index is 0.876. The maximum absolute atomic E-state index is 4.80. The van der Waals surface area contributed by atoms with Gasteiger partial charge in [0.05, 0.1) is 16.6 Å². The van der Waals surface area contributed by atoms with Gasteiger partial charge in [0.2, 0.25) is 0 Å². The van der Waals surface area contributed by atoms with Crippen molar-refractivity contribution in [2.24, 2.45) is 0 Å². The average molecular weight is 310 g/mol. The third-order valence-corrected chi connectivity index (χ3v) is 4.30. The van der Waals surface area contributed by atoms with E-state index in [0.29, 0.717) is 0 Å². The first kappa shape index (κ1) is 13.1. The van der Waals surface area contributed by atoms with Crippen LogP contribution in [0.3, 0.4) is 0 Å². The predicted octanol–water partition coefficient (Wildman–Crippen LogP) is 4.77. The Labute approximate surface area is 138 Å². The topological polar surface area (TPSA) is 57.4 Å². The lowest BCUT2D eigenvalue weighted by molar-refractivity contribution is 1.12. The summed E-state index contributed by atoms with van der Waals surface area (Å²) < 4.78 is 0. The second-order valence-electron chi connectivity index (χ2n) is 5.81. The Morgan fingerprint density at radius 3 is 2.42 bits per heavy atom.